The van der Waals surface area contributed by atoms with Crippen molar-refractivity contribution in [1.29, 1.82) is 0 Å². The van der Waals surface area contributed by atoms with Crippen LogP contribution in [0.2, 0.25) is 0 Å². The number of hydrogen-bond donors (Lipinski definition) is 1. The van der Waals surface area contributed by atoms with Gasteiger partial charge in [-0.2, -0.15) is 13.2 Å². The number of aromatic nitrogens is 1. The molecule has 1 heterocycles. The van der Waals surface area contributed by atoms with Crippen molar-refractivity contribution in [3.63, 3.8) is 0 Å². The van der Waals surface area contributed by atoms with Crippen LogP contribution in [0.15, 0.2) is 54.7 Å². The number of halogens is 3. The van der Waals surface area contributed by atoms with Crippen LogP contribution in [0, 0.1) is 0 Å². The molecule has 0 aliphatic heterocycles. The lowest BCUT2D eigenvalue weighted by Gasteiger charge is -2.19. The fourth-order valence-corrected chi connectivity index (χ4v) is 3.65. The van der Waals surface area contributed by atoms with Crippen molar-refractivity contribution in [1.82, 2.24) is 9.88 Å². The summed E-state index contributed by atoms with van der Waals surface area (Å²) >= 11 is 0. The van der Waals surface area contributed by atoms with Crippen molar-refractivity contribution in [3.05, 3.63) is 71.4 Å². The average Bonchev–Trinajstić information content (AvgIpc) is 3.02. The molecule has 1 atom stereocenters. The summed E-state index contributed by atoms with van der Waals surface area (Å²) in [4.78, 5) is 12.6. The third kappa shape index (κ3) is 4.81. The molecule has 154 valence electrons. The summed E-state index contributed by atoms with van der Waals surface area (Å²) in [6.45, 7) is 2.61. The Labute approximate surface area is 168 Å². The smallest absolute Gasteiger partial charge is 0.356 e. The van der Waals surface area contributed by atoms with E-state index >= 15 is 0 Å². The Bertz CT molecular complexity index is 991. The molecule has 1 aromatic heterocycles. The fourth-order valence-electron chi connectivity index (χ4n) is 3.65. The lowest BCUT2D eigenvalue weighted by molar-refractivity contribution is -0.137. The minimum Gasteiger partial charge on any atom is -0.356 e. The number of carbonyl (C=O) groups is 1. The largest absolute Gasteiger partial charge is 0.416 e. The Kier molecular flexibility index (Phi) is 6.30. The predicted molar refractivity (Wildman–Crippen MR) is 109 cm³/mol. The van der Waals surface area contributed by atoms with Crippen LogP contribution in [0.3, 0.4) is 0 Å². The summed E-state index contributed by atoms with van der Waals surface area (Å²) in [6, 6.07) is 13.0. The van der Waals surface area contributed by atoms with E-state index in [2.05, 4.69) is 5.32 Å². The van der Waals surface area contributed by atoms with Crippen LogP contribution < -0.4 is 5.32 Å². The summed E-state index contributed by atoms with van der Waals surface area (Å²) in [5.74, 6) is -0.626. The maximum atomic E-state index is 13.3. The fraction of sp³-hybridized carbons (Fsp3) is 0.348. The molecule has 3 aromatic rings. The average molecular weight is 402 g/mol. The summed E-state index contributed by atoms with van der Waals surface area (Å²) in [5.41, 5.74) is 1.62. The molecule has 1 N–H and O–H groups in total. The summed E-state index contributed by atoms with van der Waals surface area (Å²) in [7, 11) is 1.90. The molecule has 0 spiro atoms. The Morgan fingerprint density at radius 3 is 2.62 bits per heavy atom. The van der Waals surface area contributed by atoms with E-state index in [1.807, 2.05) is 49.0 Å². The van der Waals surface area contributed by atoms with E-state index in [4.69, 9.17) is 0 Å². The van der Waals surface area contributed by atoms with Gasteiger partial charge in [-0.25, -0.2) is 0 Å². The molecule has 1 amide bonds. The lowest BCUT2D eigenvalue weighted by atomic mass is 9.87. The van der Waals surface area contributed by atoms with Crippen LogP contribution in [-0.4, -0.2) is 17.0 Å². The third-order valence-electron chi connectivity index (χ3n) is 5.16. The van der Waals surface area contributed by atoms with Crippen LogP contribution in [0.25, 0.3) is 10.9 Å². The van der Waals surface area contributed by atoms with Gasteiger partial charge in [-0.3, -0.25) is 4.79 Å². The second-order valence-corrected chi connectivity index (χ2v) is 7.30. The number of nitrogens with one attached hydrogen (secondary N) is 1. The van der Waals surface area contributed by atoms with E-state index in [0.717, 1.165) is 41.4 Å². The van der Waals surface area contributed by atoms with Crippen LogP contribution in [0.4, 0.5) is 13.2 Å². The summed E-state index contributed by atoms with van der Waals surface area (Å²) in [6.07, 6.45) is -0.592. The normalized spacial score (nSPS) is 12.9. The van der Waals surface area contributed by atoms with Gasteiger partial charge in [0.25, 0.3) is 0 Å². The van der Waals surface area contributed by atoms with E-state index < -0.39 is 17.7 Å². The second kappa shape index (κ2) is 8.72. The maximum Gasteiger partial charge on any atom is 0.416 e. The zero-order chi connectivity index (χ0) is 21.0. The van der Waals surface area contributed by atoms with Gasteiger partial charge in [0.2, 0.25) is 5.91 Å². The molecule has 0 aliphatic rings. The predicted octanol–water partition coefficient (Wildman–Crippen LogP) is 5.64. The van der Waals surface area contributed by atoms with Crippen LogP contribution in [0.5, 0.6) is 0 Å². The Balaban J connectivity index is 2.04. The molecular formula is C23H25F3N2O. The van der Waals surface area contributed by atoms with Crippen molar-refractivity contribution in [3.8, 4) is 0 Å². The van der Waals surface area contributed by atoms with E-state index in [9.17, 15) is 18.0 Å². The van der Waals surface area contributed by atoms with E-state index in [1.54, 1.807) is 6.07 Å². The van der Waals surface area contributed by atoms with E-state index in [1.165, 1.54) is 6.07 Å². The first-order valence-electron chi connectivity index (χ1n) is 9.79. The topological polar surface area (TPSA) is 34.0 Å². The number of rotatable bonds is 7. The first-order chi connectivity index (χ1) is 13.8. The third-order valence-corrected chi connectivity index (χ3v) is 5.16. The Morgan fingerprint density at radius 2 is 1.90 bits per heavy atom. The SMILES string of the molecule is CCCCNC(=O)C[C@H](c1cccc(C(F)(F)F)c1)c1cn(C)c2ccccc12. The maximum absolute atomic E-state index is 13.3. The number of alkyl halides is 3. The number of nitrogens with zero attached hydrogens (tertiary/aromatic N) is 1. The molecule has 3 rings (SSSR count). The standard InChI is InChI=1S/C23H25F3N2O/c1-3-4-12-27-22(29)14-19(16-8-7-9-17(13-16)23(24,25)26)20-15-28(2)21-11-6-5-10-18(20)21/h5-11,13,15,19H,3-4,12,14H2,1-2H3,(H,27,29)/t19-/m1/s1. The number of carbonyl (C=O) groups excluding carboxylic acids is 1. The Hall–Kier alpha value is -2.76. The van der Waals surface area contributed by atoms with Crippen molar-refractivity contribution >= 4 is 16.8 Å². The highest BCUT2D eigenvalue weighted by atomic mass is 19.4. The lowest BCUT2D eigenvalue weighted by Crippen LogP contribution is -2.26. The van der Waals surface area contributed by atoms with Crippen molar-refractivity contribution in [2.24, 2.45) is 7.05 Å². The molecule has 0 bridgehead atoms. The van der Waals surface area contributed by atoms with Gasteiger partial charge in [-0.05, 0) is 29.7 Å². The molecule has 0 fully saturated rings. The van der Waals surface area contributed by atoms with Gasteiger partial charge >= 0.3 is 6.18 Å². The zero-order valence-corrected chi connectivity index (χ0v) is 16.6. The number of amides is 1. The number of benzene rings is 2. The van der Waals surface area contributed by atoms with Crippen LogP contribution in [-0.2, 0) is 18.0 Å². The van der Waals surface area contributed by atoms with Crippen LogP contribution in [0.1, 0.15) is 48.8 Å². The highest BCUT2D eigenvalue weighted by molar-refractivity contribution is 5.86. The highest BCUT2D eigenvalue weighted by Crippen LogP contribution is 2.37. The summed E-state index contributed by atoms with van der Waals surface area (Å²) < 4.78 is 41.8. The number of fused-ring (bicyclic) bond motifs is 1. The quantitative estimate of drug-likeness (QED) is 0.510. The van der Waals surface area contributed by atoms with Gasteiger partial charge in [0.05, 0.1) is 5.56 Å². The number of para-hydroxylation sites is 1. The van der Waals surface area contributed by atoms with Gasteiger partial charge in [0.1, 0.15) is 0 Å². The van der Waals surface area contributed by atoms with Crippen molar-refractivity contribution in [2.75, 3.05) is 6.54 Å². The molecule has 29 heavy (non-hydrogen) atoms. The second-order valence-electron chi connectivity index (χ2n) is 7.30. The van der Waals surface area contributed by atoms with Gasteiger partial charge in [0, 0.05) is 43.0 Å². The molecule has 0 saturated carbocycles. The number of hydrogen-bond acceptors (Lipinski definition) is 1. The van der Waals surface area contributed by atoms with E-state index in [0.29, 0.717) is 12.1 Å². The van der Waals surface area contributed by atoms with Gasteiger partial charge in [-0.1, -0.05) is 49.7 Å². The van der Waals surface area contributed by atoms with Gasteiger partial charge in [-0.15, -0.1) is 0 Å². The molecular weight excluding hydrogens is 377 g/mol. The van der Waals surface area contributed by atoms with Gasteiger partial charge in [0.15, 0.2) is 0 Å². The van der Waals surface area contributed by atoms with Crippen LogP contribution >= 0.6 is 0 Å². The monoisotopic (exact) mass is 402 g/mol. The highest BCUT2D eigenvalue weighted by Gasteiger charge is 2.32. The first-order valence-corrected chi connectivity index (χ1v) is 9.79. The summed E-state index contributed by atoms with van der Waals surface area (Å²) in [5, 5.41) is 3.83. The molecule has 0 unspecified atom stereocenters. The minimum absolute atomic E-state index is 0.0963. The van der Waals surface area contributed by atoms with Crippen molar-refractivity contribution < 1.29 is 18.0 Å². The zero-order valence-electron chi connectivity index (χ0n) is 16.6. The number of aryl methyl sites for hydroxylation is 1. The Morgan fingerprint density at radius 1 is 1.14 bits per heavy atom. The number of unbranched alkanes of at least 4 members (excludes halogenated alkanes) is 1. The molecule has 3 nitrogen and oxygen atoms in total. The molecule has 2 aromatic carbocycles. The van der Waals surface area contributed by atoms with E-state index in [-0.39, 0.29) is 12.3 Å². The molecule has 0 radical (unpaired) electrons. The first kappa shape index (κ1) is 21.0. The molecule has 0 aliphatic carbocycles. The van der Waals surface area contributed by atoms with Gasteiger partial charge < -0.3 is 9.88 Å². The molecule has 6 heteroatoms. The molecule has 0 saturated heterocycles. The minimum atomic E-state index is -4.43. The van der Waals surface area contributed by atoms with Crippen molar-refractivity contribution in [2.45, 2.75) is 38.3 Å².